The Morgan fingerprint density at radius 1 is 1.35 bits per heavy atom. The quantitative estimate of drug-likeness (QED) is 0.720. The average Bonchev–Trinajstić information content (AvgIpc) is 3.18. The molecule has 0 bridgehead atoms. The fraction of sp³-hybridized carbons (Fsp3) is 0.200. The van der Waals surface area contributed by atoms with E-state index in [0.717, 1.165) is 11.3 Å². The molecular weight excluding hydrogens is 330 g/mol. The first-order valence-corrected chi connectivity index (χ1v) is 8.72. The summed E-state index contributed by atoms with van der Waals surface area (Å²) in [6, 6.07) is 9.88. The van der Waals surface area contributed by atoms with Crippen LogP contribution in [-0.2, 0) is 11.8 Å². The van der Waals surface area contributed by atoms with E-state index in [0.29, 0.717) is 10.3 Å². The second-order valence-electron chi connectivity index (χ2n) is 4.88. The Morgan fingerprint density at radius 3 is 2.83 bits per heavy atom. The van der Waals surface area contributed by atoms with Gasteiger partial charge in [-0.3, -0.25) is 4.79 Å². The van der Waals surface area contributed by atoms with Crippen molar-refractivity contribution in [3.05, 3.63) is 42.0 Å². The van der Waals surface area contributed by atoms with Crippen molar-refractivity contribution in [3.63, 3.8) is 0 Å². The number of aromatic nitrogens is 4. The predicted octanol–water partition coefficient (Wildman–Crippen LogP) is 3.06. The Kier molecular flexibility index (Phi) is 4.73. The number of thioether (sulfide) groups is 1. The van der Waals surface area contributed by atoms with Crippen molar-refractivity contribution in [2.75, 3.05) is 5.32 Å². The highest BCUT2D eigenvalue weighted by atomic mass is 32.2. The molecular formula is C15H15N5OS2. The molecule has 118 valence electrons. The lowest BCUT2D eigenvalue weighted by Crippen LogP contribution is -2.22. The number of aryl methyl sites for hydroxylation is 1. The van der Waals surface area contributed by atoms with Crippen LogP contribution in [0.2, 0.25) is 0 Å². The van der Waals surface area contributed by atoms with E-state index in [1.54, 1.807) is 10.9 Å². The van der Waals surface area contributed by atoms with Crippen LogP contribution >= 0.6 is 23.1 Å². The Morgan fingerprint density at radius 2 is 2.13 bits per heavy atom. The molecule has 0 saturated carbocycles. The number of benzene rings is 1. The number of amides is 1. The van der Waals surface area contributed by atoms with E-state index in [1.165, 1.54) is 23.1 Å². The van der Waals surface area contributed by atoms with Crippen molar-refractivity contribution < 1.29 is 4.79 Å². The van der Waals surface area contributed by atoms with Crippen molar-refractivity contribution in [2.45, 2.75) is 17.3 Å². The second-order valence-corrected chi connectivity index (χ2v) is 7.04. The molecule has 23 heavy (non-hydrogen) atoms. The third-order valence-corrected chi connectivity index (χ3v) is 5.03. The van der Waals surface area contributed by atoms with Crippen LogP contribution in [0, 0.1) is 0 Å². The van der Waals surface area contributed by atoms with Gasteiger partial charge in [0.25, 0.3) is 0 Å². The lowest BCUT2D eigenvalue weighted by atomic mass is 10.2. The molecule has 8 heteroatoms. The van der Waals surface area contributed by atoms with E-state index in [4.69, 9.17) is 0 Å². The van der Waals surface area contributed by atoms with Gasteiger partial charge in [0.2, 0.25) is 5.91 Å². The summed E-state index contributed by atoms with van der Waals surface area (Å²) < 4.78 is 1.78. The topological polar surface area (TPSA) is 72.7 Å². The molecule has 1 amide bonds. The van der Waals surface area contributed by atoms with E-state index >= 15 is 0 Å². The molecule has 1 atom stereocenters. The maximum Gasteiger partial charge on any atom is 0.239 e. The molecule has 0 spiro atoms. The van der Waals surface area contributed by atoms with Gasteiger partial charge in [0, 0.05) is 18.0 Å². The van der Waals surface area contributed by atoms with Crippen molar-refractivity contribution >= 4 is 34.1 Å². The summed E-state index contributed by atoms with van der Waals surface area (Å²) in [5, 5.41) is 13.6. The number of nitrogens with one attached hydrogen (secondary N) is 1. The standard InChI is InChI=1S/C15H15N5OS2/c1-10(23-15-19-16-9-20(15)2)13(21)18-14-17-12(8-22-14)11-6-4-3-5-7-11/h3-10H,1-2H3,(H,17,18,21)/t10-/m1/s1. The maximum atomic E-state index is 12.3. The van der Waals surface area contributed by atoms with Gasteiger partial charge in [-0.2, -0.15) is 0 Å². The molecule has 0 aliphatic rings. The number of carbonyl (C=O) groups excluding carboxylic acids is 1. The molecule has 6 nitrogen and oxygen atoms in total. The molecule has 2 heterocycles. The molecule has 1 aromatic carbocycles. The number of rotatable bonds is 5. The molecule has 0 unspecified atom stereocenters. The molecule has 2 aromatic heterocycles. The van der Waals surface area contributed by atoms with Crippen molar-refractivity contribution in [1.82, 2.24) is 19.7 Å². The number of hydrogen-bond acceptors (Lipinski definition) is 6. The largest absolute Gasteiger partial charge is 0.312 e. The van der Waals surface area contributed by atoms with Gasteiger partial charge in [0.1, 0.15) is 6.33 Å². The molecule has 0 fully saturated rings. The Balaban J connectivity index is 1.64. The molecule has 0 aliphatic carbocycles. The fourth-order valence-corrected chi connectivity index (χ4v) is 3.38. The zero-order chi connectivity index (χ0) is 16.2. The Hall–Kier alpha value is -2.19. The van der Waals surface area contributed by atoms with Crippen LogP contribution in [0.4, 0.5) is 5.13 Å². The zero-order valence-corrected chi connectivity index (χ0v) is 14.3. The van der Waals surface area contributed by atoms with Gasteiger partial charge < -0.3 is 9.88 Å². The number of anilines is 1. The van der Waals surface area contributed by atoms with Gasteiger partial charge in [-0.1, -0.05) is 42.1 Å². The van der Waals surface area contributed by atoms with Crippen LogP contribution in [0.15, 0.2) is 47.2 Å². The molecule has 1 N–H and O–H groups in total. The third kappa shape index (κ3) is 3.77. The van der Waals surface area contributed by atoms with E-state index in [9.17, 15) is 4.79 Å². The monoisotopic (exact) mass is 345 g/mol. The molecule has 3 aromatic rings. The minimum absolute atomic E-state index is 0.105. The smallest absolute Gasteiger partial charge is 0.239 e. The molecule has 3 rings (SSSR count). The number of carbonyl (C=O) groups is 1. The molecule has 0 aliphatic heterocycles. The molecule has 0 saturated heterocycles. The molecule has 0 radical (unpaired) electrons. The van der Waals surface area contributed by atoms with E-state index in [2.05, 4.69) is 20.5 Å². The van der Waals surface area contributed by atoms with Crippen molar-refractivity contribution in [3.8, 4) is 11.3 Å². The number of nitrogens with zero attached hydrogens (tertiary/aromatic N) is 4. The van der Waals surface area contributed by atoms with Gasteiger partial charge in [-0.05, 0) is 6.92 Å². The summed E-state index contributed by atoms with van der Waals surface area (Å²) in [5.41, 5.74) is 1.89. The average molecular weight is 345 g/mol. The summed E-state index contributed by atoms with van der Waals surface area (Å²) in [4.78, 5) is 16.7. The highest BCUT2D eigenvalue weighted by Gasteiger charge is 2.18. The minimum Gasteiger partial charge on any atom is -0.312 e. The lowest BCUT2D eigenvalue weighted by Gasteiger charge is -2.09. The summed E-state index contributed by atoms with van der Waals surface area (Å²) in [6.45, 7) is 1.83. The normalized spacial score (nSPS) is 12.1. The van der Waals surface area contributed by atoms with Gasteiger partial charge in [0.15, 0.2) is 10.3 Å². The van der Waals surface area contributed by atoms with Gasteiger partial charge in [-0.25, -0.2) is 4.98 Å². The van der Waals surface area contributed by atoms with Crippen LogP contribution < -0.4 is 5.32 Å². The van der Waals surface area contributed by atoms with E-state index in [1.807, 2.05) is 49.7 Å². The van der Waals surface area contributed by atoms with Gasteiger partial charge in [-0.15, -0.1) is 21.5 Å². The maximum absolute atomic E-state index is 12.3. The number of thiazole rings is 1. The highest BCUT2D eigenvalue weighted by Crippen LogP contribution is 2.26. The van der Waals surface area contributed by atoms with Crippen molar-refractivity contribution in [1.29, 1.82) is 0 Å². The number of hydrogen-bond donors (Lipinski definition) is 1. The SMILES string of the molecule is C[C@@H](Sc1nncn1C)C(=O)Nc1nc(-c2ccccc2)cs1. The Bertz CT molecular complexity index is 799. The van der Waals surface area contributed by atoms with E-state index in [-0.39, 0.29) is 11.2 Å². The van der Waals surface area contributed by atoms with Gasteiger partial charge >= 0.3 is 0 Å². The summed E-state index contributed by atoms with van der Waals surface area (Å²) in [6.07, 6.45) is 1.61. The lowest BCUT2D eigenvalue weighted by molar-refractivity contribution is -0.115. The van der Waals surface area contributed by atoms with Crippen LogP contribution in [0.1, 0.15) is 6.92 Å². The summed E-state index contributed by atoms with van der Waals surface area (Å²) in [5.74, 6) is -0.105. The summed E-state index contributed by atoms with van der Waals surface area (Å²) in [7, 11) is 1.85. The summed E-state index contributed by atoms with van der Waals surface area (Å²) >= 11 is 2.78. The minimum atomic E-state index is -0.290. The third-order valence-electron chi connectivity index (χ3n) is 3.13. The van der Waals surface area contributed by atoms with E-state index < -0.39 is 0 Å². The van der Waals surface area contributed by atoms with Crippen LogP contribution in [0.5, 0.6) is 0 Å². The highest BCUT2D eigenvalue weighted by molar-refractivity contribution is 8.00. The van der Waals surface area contributed by atoms with Crippen molar-refractivity contribution in [2.24, 2.45) is 7.05 Å². The second kappa shape index (κ2) is 6.93. The fourth-order valence-electron chi connectivity index (χ4n) is 1.87. The van der Waals surface area contributed by atoms with Crippen LogP contribution in [0.25, 0.3) is 11.3 Å². The van der Waals surface area contributed by atoms with Gasteiger partial charge in [0.05, 0.1) is 10.9 Å². The van der Waals surface area contributed by atoms with Crippen LogP contribution in [0.3, 0.4) is 0 Å². The van der Waals surface area contributed by atoms with Crippen LogP contribution in [-0.4, -0.2) is 30.9 Å². The Labute approximate surface area is 142 Å². The first-order valence-electron chi connectivity index (χ1n) is 6.96. The predicted molar refractivity (Wildman–Crippen MR) is 92.5 cm³/mol. The first kappa shape index (κ1) is 15.7. The first-order chi connectivity index (χ1) is 11.1. The zero-order valence-electron chi connectivity index (χ0n) is 12.6.